The lowest BCUT2D eigenvalue weighted by Gasteiger charge is -2.11. The first-order chi connectivity index (χ1) is 8.15. The van der Waals surface area contributed by atoms with Crippen LogP contribution in [0.25, 0.3) is 0 Å². The van der Waals surface area contributed by atoms with Crippen LogP contribution in [-0.4, -0.2) is 19.0 Å². The molecular weight excluding hydrogens is 214 g/mol. The Kier molecular flexibility index (Phi) is 5.02. The molecule has 0 aliphatic rings. The fraction of sp³-hybridized carbons (Fsp3) is 0.385. The largest absolute Gasteiger partial charge is 0.376 e. The van der Waals surface area contributed by atoms with Crippen LogP contribution in [0.5, 0.6) is 0 Å². The SMILES string of the molecule is Cc1cccc(NCC(=O)NCCC#N)c1C. The highest BCUT2D eigenvalue weighted by atomic mass is 16.1. The molecule has 0 saturated heterocycles. The van der Waals surface area contributed by atoms with E-state index in [1.54, 1.807) is 0 Å². The monoisotopic (exact) mass is 231 g/mol. The number of hydrogen-bond acceptors (Lipinski definition) is 3. The zero-order chi connectivity index (χ0) is 12.7. The van der Waals surface area contributed by atoms with Gasteiger partial charge in [0.05, 0.1) is 19.0 Å². The van der Waals surface area contributed by atoms with Crippen LogP contribution in [0.15, 0.2) is 18.2 Å². The van der Waals surface area contributed by atoms with Gasteiger partial charge < -0.3 is 10.6 Å². The molecule has 0 unspecified atom stereocenters. The van der Waals surface area contributed by atoms with Crippen molar-refractivity contribution in [3.63, 3.8) is 0 Å². The quantitative estimate of drug-likeness (QED) is 0.759. The zero-order valence-electron chi connectivity index (χ0n) is 10.2. The van der Waals surface area contributed by atoms with E-state index >= 15 is 0 Å². The predicted molar refractivity (Wildman–Crippen MR) is 67.6 cm³/mol. The number of nitrogens with one attached hydrogen (secondary N) is 2. The summed E-state index contributed by atoms with van der Waals surface area (Å²) in [5.74, 6) is -0.0962. The first kappa shape index (κ1) is 13.0. The van der Waals surface area contributed by atoms with Gasteiger partial charge >= 0.3 is 0 Å². The minimum atomic E-state index is -0.0962. The molecule has 0 aromatic heterocycles. The number of amides is 1. The molecule has 0 saturated carbocycles. The van der Waals surface area contributed by atoms with E-state index in [0.29, 0.717) is 13.0 Å². The molecule has 0 fully saturated rings. The maximum absolute atomic E-state index is 11.4. The summed E-state index contributed by atoms with van der Waals surface area (Å²) in [7, 11) is 0. The molecule has 0 aliphatic heterocycles. The van der Waals surface area contributed by atoms with E-state index in [-0.39, 0.29) is 12.5 Å². The molecule has 0 radical (unpaired) electrons. The molecular formula is C13H17N3O. The summed E-state index contributed by atoms with van der Waals surface area (Å²) in [4.78, 5) is 11.4. The van der Waals surface area contributed by atoms with Gasteiger partial charge in [-0.25, -0.2) is 0 Å². The van der Waals surface area contributed by atoms with Crippen LogP contribution in [-0.2, 0) is 4.79 Å². The third kappa shape index (κ3) is 4.15. The number of carbonyl (C=O) groups is 1. The van der Waals surface area contributed by atoms with Gasteiger partial charge in [0.1, 0.15) is 0 Å². The summed E-state index contributed by atoms with van der Waals surface area (Å²) in [6.07, 6.45) is 0.342. The maximum Gasteiger partial charge on any atom is 0.239 e. The Labute approximate surface area is 102 Å². The van der Waals surface area contributed by atoms with Crippen LogP contribution < -0.4 is 10.6 Å². The Morgan fingerprint density at radius 2 is 2.18 bits per heavy atom. The number of rotatable bonds is 5. The second-order valence-electron chi connectivity index (χ2n) is 3.86. The van der Waals surface area contributed by atoms with Gasteiger partial charge in [0.2, 0.25) is 5.91 Å². The highest BCUT2D eigenvalue weighted by Gasteiger charge is 2.03. The Bertz CT molecular complexity index is 435. The first-order valence-electron chi connectivity index (χ1n) is 5.59. The summed E-state index contributed by atoms with van der Waals surface area (Å²) in [5, 5.41) is 14.1. The summed E-state index contributed by atoms with van der Waals surface area (Å²) in [6.45, 7) is 4.69. The van der Waals surface area contributed by atoms with Gasteiger partial charge in [-0.2, -0.15) is 5.26 Å². The number of carbonyl (C=O) groups excluding carboxylic acids is 1. The van der Waals surface area contributed by atoms with Crippen molar-refractivity contribution in [3.8, 4) is 6.07 Å². The molecule has 4 nitrogen and oxygen atoms in total. The first-order valence-corrected chi connectivity index (χ1v) is 5.59. The molecule has 90 valence electrons. The Morgan fingerprint density at radius 3 is 2.88 bits per heavy atom. The van der Waals surface area contributed by atoms with Crippen LogP contribution in [0.3, 0.4) is 0 Å². The van der Waals surface area contributed by atoms with Crippen LogP contribution in [0.1, 0.15) is 17.5 Å². The minimum Gasteiger partial charge on any atom is -0.376 e. The van der Waals surface area contributed by atoms with Gasteiger partial charge in [0.15, 0.2) is 0 Å². The third-order valence-electron chi connectivity index (χ3n) is 2.60. The normalized spacial score (nSPS) is 9.47. The van der Waals surface area contributed by atoms with Crippen molar-refractivity contribution < 1.29 is 4.79 Å². The van der Waals surface area contributed by atoms with E-state index in [2.05, 4.69) is 10.6 Å². The van der Waals surface area contributed by atoms with Crippen molar-refractivity contribution in [1.82, 2.24) is 5.32 Å². The molecule has 1 rings (SSSR count). The average Bonchev–Trinajstić information content (AvgIpc) is 2.31. The molecule has 1 amide bonds. The van der Waals surface area contributed by atoms with Gasteiger partial charge in [-0.1, -0.05) is 12.1 Å². The van der Waals surface area contributed by atoms with Gasteiger partial charge in [-0.3, -0.25) is 4.79 Å². The summed E-state index contributed by atoms with van der Waals surface area (Å²) in [6, 6.07) is 7.92. The highest BCUT2D eigenvalue weighted by molar-refractivity contribution is 5.81. The summed E-state index contributed by atoms with van der Waals surface area (Å²) in [5.41, 5.74) is 3.32. The average molecular weight is 231 g/mol. The molecule has 2 N–H and O–H groups in total. The molecule has 0 aliphatic carbocycles. The molecule has 1 aromatic carbocycles. The lowest BCUT2D eigenvalue weighted by Crippen LogP contribution is -2.30. The van der Waals surface area contributed by atoms with E-state index in [0.717, 1.165) is 11.3 Å². The Morgan fingerprint density at radius 1 is 1.41 bits per heavy atom. The van der Waals surface area contributed by atoms with Crippen LogP contribution >= 0.6 is 0 Å². The summed E-state index contributed by atoms with van der Waals surface area (Å²) >= 11 is 0. The van der Waals surface area contributed by atoms with E-state index in [1.807, 2.05) is 38.1 Å². The Balaban J connectivity index is 2.43. The minimum absolute atomic E-state index is 0.0962. The fourth-order valence-electron chi connectivity index (χ4n) is 1.44. The van der Waals surface area contributed by atoms with Gasteiger partial charge in [0, 0.05) is 12.2 Å². The number of nitriles is 1. The zero-order valence-corrected chi connectivity index (χ0v) is 10.2. The highest BCUT2D eigenvalue weighted by Crippen LogP contribution is 2.17. The van der Waals surface area contributed by atoms with E-state index in [1.165, 1.54) is 5.56 Å². The number of benzene rings is 1. The molecule has 1 aromatic rings. The number of nitrogens with zero attached hydrogens (tertiary/aromatic N) is 1. The third-order valence-corrected chi connectivity index (χ3v) is 2.60. The second-order valence-corrected chi connectivity index (χ2v) is 3.86. The second kappa shape index (κ2) is 6.54. The topological polar surface area (TPSA) is 64.9 Å². The maximum atomic E-state index is 11.4. The van der Waals surface area contributed by atoms with Crippen LogP contribution in [0.2, 0.25) is 0 Å². The number of aryl methyl sites for hydroxylation is 1. The van der Waals surface area contributed by atoms with Gasteiger partial charge in [-0.05, 0) is 31.0 Å². The van der Waals surface area contributed by atoms with Crippen molar-refractivity contribution in [1.29, 1.82) is 5.26 Å². The predicted octanol–water partition coefficient (Wildman–Crippen LogP) is 1.75. The molecule has 0 spiro atoms. The van der Waals surface area contributed by atoms with E-state index < -0.39 is 0 Å². The smallest absolute Gasteiger partial charge is 0.239 e. The molecule has 4 heteroatoms. The van der Waals surface area contributed by atoms with Crippen molar-refractivity contribution in [2.24, 2.45) is 0 Å². The standard InChI is InChI=1S/C13H17N3O/c1-10-5-3-6-12(11(10)2)16-9-13(17)15-8-4-7-14/h3,5-6,16H,4,8-9H2,1-2H3,(H,15,17). The molecule has 17 heavy (non-hydrogen) atoms. The Hall–Kier alpha value is -2.02. The van der Waals surface area contributed by atoms with Gasteiger partial charge in [0.25, 0.3) is 0 Å². The van der Waals surface area contributed by atoms with E-state index in [4.69, 9.17) is 5.26 Å². The lowest BCUT2D eigenvalue weighted by molar-refractivity contribution is -0.119. The molecule has 0 atom stereocenters. The molecule has 0 bridgehead atoms. The van der Waals surface area contributed by atoms with Crippen molar-refractivity contribution in [2.75, 3.05) is 18.4 Å². The summed E-state index contributed by atoms with van der Waals surface area (Å²) < 4.78 is 0. The van der Waals surface area contributed by atoms with Crippen molar-refractivity contribution in [2.45, 2.75) is 20.3 Å². The molecule has 0 heterocycles. The van der Waals surface area contributed by atoms with Gasteiger partial charge in [-0.15, -0.1) is 0 Å². The van der Waals surface area contributed by atoms with Crippen molar-refractivity contribution >= 4 is 11.6 Å². The fourth-order valence-corrected chi connectivity index (χ4v) is 1.44. The number of hydrogen-bond donors (Lipinski definition) is 2. The van der Waals surface area contributed by atoms with Crippen LogP contribution in [0, 0.1) is 25.2 Å². The van der Waals surface area contributed by atoms with E-state index in [9.17, 15) is 4.79 Å². The number of anilines is 1. The lowest BCUT2D eigenvalue weighted by atomic mass is 10.1. The van der Waals surface area contributed by atoms with Crippen LogP contribution in [0.4, 0.5) is 5.69 Å². The van der Waals surface area contributed by atoms with Crippen molar-refractivity contribution in [3.05, 3.63) is 29.3 Å².